The first kappa shape index (κ1) is 11.4. The summed E-state index contributed by atoms with van der Waals surface area (Å²) in [5, 5.41) is 0. The van der Waals surface area contributed by atoms with Crippen molar-refractivity contribution in [1.29, 1.82) is 0 Å². The van der Waals surface area contributed by atoms with Crippen molar-refractivity contribution in [3.05, 3.63) is 0 Å². The molecular formula is C12H21NO. The van der Waals surface area contributed by atoms with Gasteiger partial charge in [0.05, 0.1) is 0 Å². The highest BCUT2D eigenvalue weighted by molar-refractivity contribution is 6.02. The molecule has 2 nitrogen and oxygen atoms in total. The topological polar surface area (TPSA) is 29.4 Å². The molecule has 0 unspecified atom stereocenters. The average Bonchev–Trinajstić information content (AvgIpc) is 2.52. The average molecular weight is 195 g/mol. The fourth-order valence-corrected chi connectivity index (χ4v) is 1.57. The minimum atomic E-state index is 0.271. The molecule has 1 aliphatic rings. The second-order valence-corrected chi connectivity index (χ2v) is 5.33. The molecular weight excluding hydrogens is 174 g/mol. The molecule has 0 spiro atoms. The van der Waals surface area contributed by atoms with Crippen molar-refractivity contribution in [2.45, 2.75) is 52.9 Å². The fourth-order valence-electron chi connectivity index (χ4n) is 1.57. The first-order valence-electron chi connectivity index (χ1n) is 5.51. The Morgan fingerprint density at radius 3 is 2.64 bits per heavy atom. The molecule has 0 aromatic heterocycles. The normalized spacial score (nSPS) is 16.9. The minimum absolute atomic E-state index is 0.271. The number of rotatable bonds is 4. The largest absolute Gasteiger partial charge is 0.299 e. The van der Waals surface area contributed by atoms with Gasteiger partial charge in [-0.05, 0) is 24.7 Å². The summed E-state index contributed by atoms with van der Waals surface area (Å²) in [4.78, 5) is 15.9. The quantitative estimate of drug-likeness (QED) is 0.678. The summed E-state index contributed by atoms with van der Waals surface area (Å²) in [7, 11) is 0. The van der Waals surface area contributed by atoms with E-state index >= 15 is 0 Å². The number of carbonyl (C=O) groups is 1. The lowest BCUT2D eigenvalue weighted by atomic mass is 9.89. The molecule has 0 fully saturated rings. The van der Waals surface area contributed by atoms with Gasteiger partial charge in [0.25, 0.3) is 0 Å². The summed E-state index contributed by atoms with van der Waals surface area (Å²) in [5.41, 5.74) is 1.40. The van der Waals surface area contributed by atoms with Crippen molar-refractivity contribution >= 4 is 11.5 Å². The van der Waals surface area contributed by atoms with Crippen molar-refractivity contribution in [2.24, 2.45) is 10.4 Å². The number of carbonyl (C=O) groups excluding carboxylic acids is 1. The van der Waals surface area contributed by atoms with Gasteiger partial charge in [0, 0.05) is 25.1 Å². The summed E-state index contributed by atoms with van der Waals surface area (Å²) >= 11 is 0. The van der Waals surface area contributed by atoms with Gasteiger partial charge in [0.15, 0.2) is 0 Å². The predicted octanol–water partition coefficient (Wildman–Crippen LogP) is 3.01. The van der Waals surface area contributed by atoms with Crippen LogP contribution < -0.4 is 0 Å². The maximum absolute atomic E-state index is 11.6. The summed E-state index contributed by atoms with van der Waals surface area (Å²) in [5.74, 6) is 0.362. The number of hydrogen-bond donors (Lipinski definition) is 0. The summed E-state index contributed by atoms with van der Waals surface area (Å²) in [6.07, 6.45) is 4.49. The summed E-state index contributed by atoms with van der Waals surface area (Å²) in [6.45, 7) is 7.45. The van der Waals surface area contributed by atoms with Gasteiger partial charge in [-0.2, -0.15) is 0 Å². The summed E-state index contributed by atoms with van der Waals surface area (Å²) < 4.78 is 0. The molecule has 1 aliphatic heterocycles. The Kier molecular flexibility index (Phi) is 3.85. The minimum Gasteiger partial charge on any atom is -0.299 e. The molecule has 0 saturated carbocycles. The molecule has 14 heavy (non-hydrogen) atoms. The van der Waals surface area contributed by atoms with Crippen LogP contribution in [0, 0.1) is 5.41 Å². The Balaban J connectivity index is 2.22. The van der Waals surface area contributed by atoms with E-state index in [9.17, 15) is 4.79 Å². The fraction of sp³-hybridized carbons (Fsp3) is 0.833. The molecule has 0 atom stereocenters. The van der Waals surface area contributed by atoms with E-state index in [1.54, 1.807) is 0 Å². The van der Waals surface area contributed by atoms with Crippen molar-refractivity contribution in [2.75, 3.05) is 6.54 Å². The Bertz CT molecular complexity index is 235. The van der Waals surface area contributed by atoms with E-state index in [2.05, 4.69) is 25.8 Å². The van der Waals surface area contributed by atoms with Crippen LogP contribution in [-0.4, -0.2) is 18.0 Å². The van der Waals surface area contributed by atoms with Crippen LogP contribution in [0.3, 0.4) is 0 Å². The van der Waals surface area contributed by atoms with E-state index in [1.165, 1.54) is 0 Å². The molecule has 0 radical (unpaired) electrons. The van der Waals surface area contributed by atoms with Crippen LogP contribution in [0.25, 0.3) is 0 Å². The first-order valence-corrected chi connectivity index (χ1v) is 5.51. The SMILES string of the molecule is CC(C)(C)CCC(=O)CC1=NCCC1. The number of Topliss-reactive ketones (excluding diaryl/α,β-unsaturated/α-hetero) is 1. The molecule has 2 heteroatoms. The van der Waals surface area contributed by atoms with E-state index in [0.717, 1.165) is 31.5 Å². The standard InChI is InChI=1S/C12H21NO/c1-12(2,3)7-6-11(14)9-10-5-4-8-13-10/h4-9H2,1-3H3. The zero-order chi connectivity index (χ0) is 10.6. The monoisotopic (exact) mass is 195 g/mol. The molecule has 0 aliphatic carbocycles. The van der Waals surface area contributed by atoms with Crippen LogP contribution in [-0.2, 0) is 4.79 Å². The molecule has 0 amide bonds. The van der Waals surface area contributed by atoms with E-state index in [4.69, 9.17) is 0 Å². The van der Waals surface area contributed by atoms with Crippen LogP contribution in [0.15, 0.2) is 4.99 Å². The highest BCUT2D eigenvalue weighted by atomic mass is 16.1. The number of ketones is 1. The molecule has 1 rings (SSSR count). The molecule has 0 bridgehead atoms. The number of hydrogen-bond acceptors (Lipinski definition) is 2. The van der Waals surface area contributed by atoms with Crippen LogP contribution in [0.1, 0.15) is 52.9 Å². The predicted molar refractivity (Wildman–Crippen MR) is 59.8 cm³/mol. The van der Waals surface area contributed by atoms with E-state index in [0.29, 0.717) is 18.6 Å². The Labute approximate surface area is 86.8 Å². The van der Waals surface area contributed by atoms with E-state index in [1.807, 2.05) is 0 Å². The first-order chi connectivity index (χ1) is 6.47. The van der Waals surface area contributed by atoms with Gasteiger partial charge in [-0.1, -0.05) is 20.8 Å². The highest BCUT2D eigenvalue weighted by Gasteiger charge is 2.15. The smallest absolute Gasteiger partial charge is 0.138 e. The molecule has 80 valence electrons. The van der Waals surface area contributed by atoms with Gasteiger partial charge < -0.3 is 0 Å². The number of aliphatic imine (C=N–C) groups is 1. The summed E-state index contributed by atoms with van der Waals surface area (Å²) in [6, 6.07) is 0. The molecule has 0 N–H and O–H groups in total. The van der Waals surface area contributed by atoms with Gasteiger partial charge in [0.2, 0.25) is 0 Å². The lowest BCUT2D eigenvalue weighted by Crippen LogP contribution is -2.11. The molecule has 0 saturated heterocycles. The molecule has 1 heterocycles. The van der Waals surface area contributed by atoms with E-state index in [-0.39, 0.29) is 5.41 Å². The van der Waals surface area contributed by atoms with Crippen molar-refractivity contribution in [3.63, 3.8) is 0 Å². The zero-order valence-corrected chi connectivity index (χ0v) is 9.60. The molecule has 0 aromatic rings. The van der Waals surface area contributed by atoms with Gasteiger partial charge >= 0.3 is 0 Å². The lowest BCUT2D eigenvalue weighted by molar-refractivity contribution is -0.118. The van der Waals surface area contributed by atoms with Crippen molar-refractivity contribution in [1.82, 2.24) is 0 Å². The third-order valence-electron chi connectivity index (χ3n) is 2.51. The van der Waals surface area contributed by atoms with Gasteiger partial charge in [0.1, 0.15) is 5.78 Å². The number of nitrogens with zero attached hydrogens (tertiary/aromatic N) is 1. The van der Waals surface area contributed by atoms with Crippen LogP contribution in [0.4, 0.5) is 0 Å². The van der Waals surface area contributed by atoms with Gasteiger partial charge in [-0.3, -0.25) is 9.79 Å². The lowest BCUT2D eigenvalue weighted by Gasteiger charge is -2.16. The third-order valence-corrected chi connectivity index (χ3v) is 2.51. The van der Waals surface area contributed by atoms with Crippen LogP contribution in [0.5, 0.6) is 0 Å². The zero-order valence-electron chi connectivity index (χ0n) is 9.60. The van der Waals surface area contributed by atoms with Crippen molar-refractivity contribution < 1.29 is 4.79 Å². The Hall–Kier alpha value is -0.660. The van der Waals surface area contributed by atoms with Crippen molar-refractivity contribution in [3.8, 4) is 0 Å². The van der Waals surface area contributed by atoms with Crippen LogP contribution in [0.2, 0.25) is 0 Å². The second-order valence-electron chi connectivity index (χ2n) is 5.33. The highest BCUT2D eigenvalue weighted by Crippen LogP contribution is 2.21. The maximum Gasteiger partial charge on any atom is 0.138 e. The Morgan fingerprint density at radius 2 is 2.14 bits per heavy atom. The third kappa shape index (κ3) is 4.54. The molecule has 0 aromatic carbocycles. The van der Waals surface area contributed by atoms with E-state index < -0.39 is 0 Å². The second kappa shape index (κ2) is 4.72. The van der Waals surface area contributed by atoms with Crippen LogP contribution >= 0.6 is 0 Å². The Morgan fingerprint density at radius 1 is 1.43 bits per heavy atom. The maximum atomic E-state index is 11.6. The van der Waals surface area contributed by atoms with Gasteiger partial charge in [-0.25, -0.2) is 0 Å². The van der Waals surface area contributed by atoms with Gasteiger partial charge in [-0.15, -0.1) is 0 Å².